The molecular weight excluding hydrogens is 390 g/mol. The Labute approximate surface area is 182 Å². The van der Waals surface area contributed by atoms with Gasteiger partial charge in [-0.1, -0.05) is 24.3 Å². The van der Waals surface area contributed by atoms with E-state index in [1.165, 1.54) is 0 Å². The lowest BCUT2D eigenvalue weighted by Crippen LogP contribution is -2.41. The zero-order chi connectivity index (χ0) is 21.6. The van der Waals surface area contributed by atoms with Gasteiger partial charge < -0.3 is 15.0 Å². The van der Waals surface area contributed by atoms with E-state index in [4.69, 9.17) is 9.72 Å². The number of anilines is 2. The Kier molecular flexibility index (Phi) is 6.40. The van der Waals surface area contributed by atoms with Gasteiger partial charge in [0, 0.05) is 37.1 Å². The van der Waals surface area contributed by atoms with E-state index in [0.717, 1.165) is 47.8 Å². The third-order valence-corrected chi connectivity index (χ3v) is 5.53. The molecular formula is C24H27N5O2. The van der Waals surface area contributed by atoms with Crippen molar-refractivity contribution in [3.8, 4) is 5.75 Å². The summed E-state index contributed by atoms with van der Waals surface area (Å²) >= 11 is 0. The number of nitrogens with zero attached hydrogens (tertiary/aromatic N) is 4. The van der Waals surface area contributed by atoms with E-state index >= 15 is 0 Å². The molecule has 1 N–H and O–H groups in total. The summed E-state index contributed by atoms with van der Waals surface area (Å²) in [6, 6.07) is 11.9. The normalized spacial score (nSPS) is 16.1. The first-order valence-corrected chi connectivity index (χ1v) is 10.6. The Balaban J connectivity index is 1.39. The molecule has 3 aromatic rings. The highest BCUT2D eigenvalue weighted by Crippen LogP contribution is 2.27. The monoisotopic (exact) mass is 417 g/mol. The van der Waals surface area contributed by atoms with Gasteiger partial charge in [0.2, 0.25) is 0 Å². The van der Waals surface area contributed by atoms with Crippen molar-refractivity contribution in [1.82, 2.24) is 19.9 Å². The van der Waals surface area contributed by atoms with E-state index in [-0.39, 0.29) is 18.4 Å². The molecule has 0 saturated carbocycles. The van der Waals surface area contributed by atoms with Crippen LogP contribution in [0.5, 0.6) is 5.75 Å². The molecule has 0 bridgehead atoms. The van der Waals surface area contributed by atoms with Gasteiger partial charge in [-0.2, -0.15) is 0 Å². The maximum absolute atomic E-state index is 12.8. The van der Waals surface area contributed by atoms with Crippen molar-refractivity contribution in [2.75, 3.05) is 25.0 Å². The SMILES string of the molecule is Cc1cccc(C)c1OCC(=O)N1CCCC(c2cccc(Nc3cnccn3)n2)C1. The Morgan fingerprint density at radius 1 is 1.13 bits per heavy atom. The van der Waals surface area contributed by atoms with Crippen LogP contribution < -0.4 is 10.1 Å². The Hall–Kier alpha value is -3.48. The number of benzene rings is 1. The zero-order valence-electron chi connectivity index (χ0n) is 17.9. The summed E-state index contributed by atoms with van der Waals surface area (Å²) in [6.07, 6.45) is 6.88. The second-order valence-electron chi connectivity index (χ2n) is 7.85. The van der Waals surface area contributed by atoms with Crippen molar-refractivity contribution in [3.63, 3.8) is 0 Å². The maximum Gasteiger partial charge on any atom is 0.260 e. The lowest BCUT2D eigenvalue weighted by Gasteiger charge is -2.32. The molecule has 0 radical (unpaired) electrons. The first-order valence-electron chi connectivity index (χ1n) is 10.6. The second kappa shape index (κ2) is 9.55. The summed E-state index contributed by atoms with van der Waals surface area (Å²) in [6.45, 7) is 5.45. The number of piperidine rings is 1. The van der Waals surface area contributed by atoms with Crippen molar-refractivity contribution >= 4 is 17.5 Å². The van der Waals surface area contributed by atoms with Gasteiger partial charge >= 0.3 is 0 Å². The zero-order valence-corrected chi connectivity index (χ0v) is 17.9. The van der Waals surface area contributed by atoms with Crippen LogP contribution in [0.4, 0.5) is 11.6 Å². The number of pyridine rings is 1. The summed E-state index contributed by atoms with van der Waals surface area (Å²) in [5.74, 6) is 2.38. The molecule has 1 saturated heterocycles. The molecule has 3 heterocycles. The third kappa shape index (κ3) is 5.17. The molecule has 0 spiro atoms. The van der Waals surface area contributed by atoms with Gasteiger partial charge in [-0.3, -0.25) is 9.78 Å². The van der Waals surface area contributed by atoms with Crippen LogP contribution in [0.25, 0.3) is 0 Å². The fourth-order valence-electron chi connectivity index (χ4n) is 3.94. The van der Waals surface area contributed by atoms with Crippen LogP contribution in [0.15, 0.2) is 55.0 Å². The highest BCUT2D eigenvalue weighted by atomic mass is 16.5. The van der Waals surface area contributed by atoms with Crippen molar-refractivity contribution < 1.29 is 9.53 Å². The number of carbonyl (C=O) groups excluding carboxylic acids is 1. The minimum Gasteiger partial charge on any atom is -0.483 e. The second-order valence-corrected chi connectivity index (χ2v) is 7.85. The van der Waals surface area contributed by atoms with Crippen LogP contribution in [0.1, 0.15) is 35.6 Å². The average Bonchev–Trinajstić information content (AvgIpc) is 2.79. The number of amides is 1. The lowest BCUT2D eigenvalue weighted by molar-refractivity contribution is -0.134. The Bertz CT molecular complexity index is 1020. The highest BCUT2D eigenvalue weighted by Gasteiger charge is 2.26. The first kappa shape index (κ1) is 20.8. The minimum absolute atomic E-state index is 0.0150. The van der Waals surface area contributed by atoms with Crippen LogP contribution in [0, 0.1) is 13.8 Å². The molecule has 0 aliphatic carbocycles. The van der Waals surface area contributed by atoms with Crippen LogP contribution >= 0.6 is 0 Å². The molecule has 2 aromatic heterocycles. The number of carbonyl (C=O) groups is 1. The van der Waals surface area contributed by atoms with Gasteiger partial charge in [0.1, 0.15) is 17.4 Å². The fourth-order valence-corrected chi connectivity index (χ4v) is 3.94. The molecule has 1 atom stereocenters. The number of rotatable bonds is 6. The molecule has 1 aliphatic heterocycles. The molecule has 4 rings (SSSR count). The van der Waals surface area contributed by atoms with E-state index in [1.54, 1.807) is 18.6 Å². The molecule has 1 aliphatic rings. The number of aryl methyl sites for hydroxylation is 2. The number of nitrogens with one attached hydrogen (secondary N) is 1. The summed E-state index contributed by atoms with van der Waals surface area (Å²) in [4.78, 5) is 27.8. The van der Waals surface area contributed by atoms with Gasteiger partial charge in [0.25, 0.3) is 5.91 Å². The van der Waals surface area contributed by atoms with E-state index in [0.29, 0.717) is 12.4 Å². The molecule has 7 nitrogen and oxygen atoms in total. The van der Waals surface area contributed by atoms with Crippen LogP contribution in [-0.4, -0.2) is 45.5 Å². The quantitative estimate of drug-likeness (QED) is 0.653. The predicted molar refractivity (Wildman–Crippen MR) is 120 cm³/mol. The van der Waals surface area contributed by atoms with E-state index in [9.17, 15) is 4.79 Å². The Morgan fingerprint density at radius 3 is 2.71 bits per heavy atom. The Morgan fingerprint density at radius 2 is 1.94 bits per heavy atom. The predicted octanol–water partition coefficient (Wildman–Crippen LogP) is 4.02. The van der Waals surface area contributed by atoms with Gasteiger partial charge in [-0.15, -0.1) is 0 Å². The van der Waals surface area contributed by atoms with Gasteiger partial charge in [-0.05, 0) is 49.9 Å². The number of hydrogen-bond acceptors (Lipinski definition) is 6. The van der Waals surface area contributed by atoms with Crippen molar-refractivity contribution in [1.29, 1.82) is 0 Å². The molecule has 160 valence electrons. The molecule has 1 fully saturated rings. The minimum atomic E-state index is 0.0150. The summed E-state index contributed by atoms with van der Waals surface area (Å²) in [7, 11) is 0. The number of hydrogen-bond donors (Lipinski definition) is 1. The molecule has 7 heteroatoms. The smallest absolute Gasteiger partial charge is 0.260 e. The van der Waals surface area contributed by atoms with Gasteiger partial charge in [-0.25, -0.2) is 9.97 Å². The highest BCUT2D eigenvalue weighted by molar-refractivity contribution is 5.78. The molecule has 1 aromatic carbocycles. The van der Waals surface area contributed by atoms with Crippen molar-refractivity contribution in [2.45, 2.75) is 32.6 Å². The lowest BCUT2D eigenvalue weighted by atomic mass is 9.94. The summed E-state index contributed by atoms with van der Waals surface area (Å²) in [5, 5.41) is 3.18. The van der Waals surface area contributed by atoms with E-state index in [2.05, 4.69) is 15.3 Å². The topological polar surface area (TPSA) is 80.2 Å². The fraction of sp³-hybridized carbons (Fsp3) is 0.333. The standard InChI is InChI=1S/C24H27N5O2/c1-17-6-3-7-18(2)24(17)31-16-23(30)29-13-5-8-19(15-29)20-9-4-10-21(27-20)28-22-14-25-11-12-26-22/h3-4,6-7,9-12,14,19H,5,8,13,15-16H2,1-2H3,(H,26,27,28). The number of likely N-dealkylation sites (tertiary alicyclic amines) is 1. The van der Waals surface area contributed by atoms with Crippen molar-refractivity contribution in [2.24, 2.45) is 0 Å². The van der Waals surface area contributed by atoms with Crippen molar-refractivity contribution in [3.05, 3.63) is 71.8 Å². The number of para-hydroxylation sites is 1. The average molecular weight is 418 g/mol. The van der Waals surface area contributed by atoms with E-state index in [1.807, 2.05) is 55.1 Å². The van der Waals surface area contributed by atoms with Crippen LogP contribution in [-0.2, 0) is 4.79 Å². The number of aromatic nitrogens is 3. The third-order valence-electron chi connectivity index (χ3n) is 5.53. The largest absolute Gasteiger partial charge is 0.483 e. The summed E-state index contributed by atoms with van der Waals surface area (Å²) in [5.41, 5.74) is 3.06. The molecule has 1 unspecified atom stereocenters. The summed E-state index contributed by atoms with van der Waals surface area (Å²) < 4.78 is 5.88. The first-order chi connectivity index (χ1) is 15.1. The molecule has 31 heavy (non-hydrogen) atoms. The number of ether oxygens (including phenoxy) is 1. The van der Waals surface area contributed by atoms with Gasteiger partial charge in [0.15, 0.2) is 6.61 Å². The van der Waals surface area contributed by atoms with Crippen LogP contribution in [0.2, 0.25) is 0 Å². The van der Waals surface area contributed by atoms with Gasteiger partial charge in [0.05, 0.1) is 6.20 Å². The molecule has 1 amide bonds. The van der Waals surface area contributed by atoms with E-state index < -0.39 is 0 Å². The maximum atomic E-state index is 12.8. The van der Waals surface area contributed by atoms with Crippen LogP contribution in [0.3, 0.4) is 0 Å².